The van der Waals surface area contributed by atoms with Gasteiger partial charge in [0.2, 0.25) is 10.0 Å². The first-order valence-electron chi connectivity index (χ1n) is 5.61. The lowest BCUT2D eigenvalue weighted by atomic mass is 10.2. The number of nitrogens with zero attached hydrogens (tertiary/aromatic N) is 1. The van der Waals surface area contributed by atoms with Crippen LogP contribution in [0.15, 0.2) is 29.2 Å². The van der Waals surface area contributed by atoms with E-state index in [9.17, 15) is 8.42 Å². The van der Waals surface area contributed by atoms with Gasteiger partial charge >= 0.3 is 0 Å². The molecule has 0 saturated carbocycles. The van der Waals surface area contributed by atoms with E-state index in [0.29, 0.717) is 5.56 Å². The van der Waals surface area contributed by atoms with Gasteiger partial charge < -0.3 is 5.11 Å². The third-order valence-corrected chi connectivity index (χ3v) is 4.98. The van der Waals surface area contributed by atoms with Gasteiger partial charge in [0.1, 0.15) is 0 Å². The first-order valence-corrected chi connectivity index (χ1v) is 7.05. The molecule has 1 aromatic carbocycles. The Morgan fingerprint density at radius 3 is 2.24 bits per heavy atom. The van der Waals surface area contributed by atoms with Gasteiger partial charge in [0, 0.05) is 13.1 Å². The van der Waals surface area contributed by atoms with Gasteiger partial charge in [-0.05, 0) is 31.0 Å². The summed E-state index contributed by atoms with van der Waals surface area (Å²) in [5.74, 6) is 0. The van der Waals surface area contributed by atoms with E-state index < -0.39 is 10.0 Å². The van der Waals surface area contributed by atoms with E-state index in [4.69, 9.17) is 5.11 Å². The second-order valence-electron chi connectivity index (χ2n) is 4.08. The zero-order chi connectivity index (χ0) is 13.1. The molecule has 17 heavy (non-hydrogen) atoms. The summed E-state index contributed by atoms with van der Waals surface area (Å²) < 4.78 is 25.8. The van der Waals surface area contributed by atoms with Crippen molar-refractivity contribution >= 4 is 10.0 Å². The Morgan fingerprint density at radius 1 is 1.29 bits per heavy atom. The number of aliphatic hydroxyl groups excluding tert-OH is 1. The molecule has 0 spiro atoms. The minimum atomic E-state index is -3.42. The van der Waals surface area contributed by atoms with Crippen LogP contribution in [0.25, 0.3) is 0 Å². The van der Waals surface area contributed by atoms with Crippen LogP contribution in [-0.2, 0) is 16.6 Å². The molecule has 4 nitrogen and oxygen atoms in total. The molecule has 1 atom stereocenters. The maximum Gasteiger partial charge on any atom is 0.243 e. The zero-order valence-electron chi connectivity index (χ0n) is 10.4. The maximum atomic E-state index is 12.2. The van der Waals surface area contributed by atoms with Crippen molar-refractivity contribution in [3.63, 3.8) is 0 Å². The summed E-state index contributed by atoms with van der Waals surface area (Å²) in [6, 6.07) is 6.27. The van der Waals surface area contributed by atoms with Crippen LogP contribution < -0.4 is 0 Å². The summed E-state index contributed by atoms with van der Waals surface area (Å²) in [6.07, 6.45) is 0.768. The Bertz CT molecular complexity index is 453. The van der Waals surface area contributed by atoms with Crippen LogP contribution in [0.1, 0.15) is 25.8 Å². The number of sulfonamides is 1. The van der Waals surface area contributed by atoms with Crippen LogP contribution in [0.3, 0.4) is 0 Å². The number of aliphatic hydroxyl groups is 1. The van der Waals surface area contributed by atoms with Gasteiger partial charge in [0.05, 0.1) is 11.5 Å². The van der Waals surface area contributed by atoms with E-state index in [0.717, 1.165) is 6.42 Å². The van der Waals surface area contributed by atoms with Crippen LogP contribution in [-0.4, -0.2) is 30.9 Å². The molecule has 1 aromatic rings. The Labute approximate surface area is 103 Å². The monoisotopic (exact) mass is 257 g/mol. The molecule has 0 aliphatic carbocycles. The fourth-order valence-electron chi connectivity index (χ4n) is 1.43. The summed E-state index contributed by atoms with van der Waals surface area (Å²) >= 11 is 0. The molecular formula is C12H19NO3S. The number of hydrogen-bond acceptors (Lipinski definition) is 3. The fourth-order valence-corrected chi connectivity index (χ4v) is 2.86. The SMILES string of the molecule is CCC(C)N(C)S(=O)(=O)c1ccc(CO)cc1. The van der Waals surface area contributed by atoms with Crippen LogP contribution in [0.2, 0.25) is 0 Å². The topological polar surface area (TPSA) is 57.6 Å². The highest BCUT2D eigenvalue weighted by atomic mass is 32.2. The molecule has 0 aliphatic heterocycles. The standard InChI is InChI=1S/C12H19NO3S/c1-4-10(2)13(3)17(15,16)12-7-5-11(9-14)6-8-12/h5-8,10,14H,4,9H2,1-3H3. The van der Waals surface area contributed by atoms with Crippen molar-refractivity contribution < 1.29 is 13.5 Å². The Kier molecular flexibility index (Phi) is 4.68. The molecule has 0 radical (unpaired) electrons. The fraction of sp³-hybridized carbons (Fsp3) is 0.500. The lowest BCUT2D eigenvalue weighted by molar-refractivity contribution is 0.281. The van der Waals surface area contributed by atoms with Gasteiger partial charge in [0.25, 0.3) is 0 Å². The minimum absolute atomic E-state index is 0.0301. The number of benzene rings is 1. The molecule has 0 amide bonds. The summed E-state index contributed by atoms with van der Waals surface area (Å²) in [4.78, 5) is 0.262. The molecule has 0 aliphatic rings. The maximum absolute atomic E-state index is 12.2. The van der Waals surface area contributed by atoms with E-state index in [-0.39, 0.29) is 17.5 Å². The van der Waals surface area contributed by atoms with Crippen LogP contribution in [0, 0.1) is 0 Å². The molecule has 0 saturated heterocycles. The van der Waals surface area contributed by atoms with Crippen molar-refractivity contribution in [3.8, 4) is 0 Å². The third kappa shape index (κ3) is 3.06. The Balaban J connectivity index is 3.04. The molecule has 96 valence electrons. The summed E-state index contributed by atoms with van der Waals surface area (Å²) in [5.41, 5.74) is 0.704. The Morgan fingerprint density at radius 2 is 1.82 bits per heavy atom. The average molecular weight is 257 g/mol. The van der Waals surface area contributed by atoms with E-state index in [1.807, 2.05) is 13.8 Å². The van der Waals surface area contributed by atoms with E-state index in [1.165, 1.54) is 16.4 Å². The number of rotatable bonds is 5. The predicted molar refractivity (Wildman–Crippen MR) is 67.1 cm³/mol. The van der Waals surface area contributed by atoms with Crippen LogP contribution in [0.5, 0.6) is 0 Å². The lowest BCUT2D eigenvalue weighted by Crippen LogP contribution is -2.34. The molecule has 1 rings (SSSR count). The largest absolute Gasteiger partial charge is 0.392 e. The first-order chi connectivity index (χ1) is 7.93. The summed E-state index contributed by atoms with van der Waals surface area (Å²) in [7, 11) is -1.84. The quantitative estimate of drug-likeness (QED) is 0.871. The molecule has 0 aromatic heterocycles. The van der Waals surface area contributed by atoms with Crippen molar-refractivity contribution in [1.29, 1.82) is 0 Å². The zero-order valence-corrected chi connectivity index (χ0v) is 11.2. The molecular weight excluding hydrogens is 238 g/mol. The normalized spacial score (nSPS) is 13.9. The Hall–Kier alpha value is -0.910. The molecule has 1 N–H and O–H groups in total. The summed E-state index contributed by atoms with van der Waals surface area (Å²) in [5, 5.41) is 8.91. The predicted octanol–water partition coefficient (Wildman–Crippen LogP) is 1.60. The van der Waals surface area contributed by atoms with E-state index in [1.54, 1.807) is 19.2 Å². The molecule has 0 fully saturated rings. The van der Waals surface area contributed by atoms with Gasteiger partial charge in [-0.2, -0.15) is 4.31 Å². The molecule has 5 heteroatoms. The highest BCUT2D eigenvalue weighted by Gasteiger charge is 2.23. The molecule has 0 bridgehead atoms. The van der Waals surface area contributed by atoms with Crippen molar-refractivity contribution in [3.05, 3.63) is 29.8 Å². The summed E-state index contributed by atoms with van der Waals surface area (Å²) in [6.45, 7) is 3.74. The second-order valence-corrected chi connectivity index (χ2v) is 6.08. The van der Waals surface area contributed by atoms with E-state index in [2.05, 4.69) is 0 Å². The van der Waals surface area contributed by atoms with Crippen molar-refractivity contribution in [2.75, 3.05) is 7.05 Å². The van der Waals surface area contributed by atoms with Crippen molar-refractivity contribution in [2.45, 2.75) is 37.8 Å². The third-order valence-electron chi connectivity index (χ3n) is 2.99. The number of hydrogen-bond donors (Lipinski definition) is 1. The van der Waals surface area contributed by atoms with Crippen LogP contribution >= 0.6 is 0 Å². The van der Waals surface area contributed by atoms with Gasteiger partial charge in [-0.25, -0.2) is 8.42 Å². The van der Waals surface area contributed by atoms with Gasteiger partial charge in [-0.15, -0.1) is 0 Å². The highest BCUT2D eigenvalue weighted by Crippen LogP contribution is 2.18. The van der Waals surface area contributed by atoms with Crippen molar-refractivity contribution in [1.82, 2.24) is 4.31 Å². The minimum Gasteiger partial charge on any atom is -0.392 e. The highest BCUT2D eigenvalue weighted by molar-refractivity contribution is 7.89. The first kappa shape index (κ1) is 14.2. The van der Waals surface area contributed by atoms with Gasteiger partial charge in [0.15, 0.2) is 0 Å². The van der Waals surface area contributed by atoms with E-state index >= 15 is 0 Å². The molecule has 1 unspecified atom stereocenters. The molecule has 0 heterocycles. The lowest BCUT2D eigenvalue weighted by Gasteiger charge is -2.23. The smallest absolute Gasteiger partial charge is 0.243 e. The van der Waals surface area contributed by atoms with Gasteiger partial charge in [-0.3, -0.25) is 0 Å². The average Bonchev–Trinajstić information content (AvgIpc) is 2.36. The van der Waals surface area contributed by atoms with Gasteiger partial charge in [-0.1, -0.05) is 19.1 Å². The van der Waals surface area contributed by atoms with Crippen molar-refractivity contribution in [2.24, 2.45) is 0 Å². The van der Waals surface area contributed by atoms with Crippen LogP contribution in [0.4, 0.5) is 0 Å². The second kappa shape index (κ2) is 5.62.